The summed E-state index contributed by atoms with van der Waals surface area (Å²) >= 11 is 0. The molecule has 2 aromatic rings. The van der Waals surface area contributed by atoms with Crippen LogP contribution in [0.5, 0.6) is 0 Å². The zero-order valence-electron chi connectivity index (χ0n) is 17.7. The van der Waals surface area contributed by atoms with Crippen LogP contribution < -0.4 is 10.9 Å². The molecule has 0 spiro atoms. The maximum Gasteiger partial charge on any atom is 0.416 e. The van der Waals surface area contributed by atoms with Crippen molar-refractivity contribution in [3.05, 3.63) is 41.7 Å². The van der Waals surface area contributed by atoms with Gasteiger partial charge >= 0.3 is 12.4 Å². The fraction of sp³-hybridized carbons (Fsp3) is 0.400. The van der Waals surface area contributed by atoms with Crippen molar-refractivity contribution in [2.75, 3.05) is 20.1 Å². The van der Waals surface area contributed by atoms with Crippen LogP contribution in [-0.2, 0) is 21.9 Å². The highest BCUT2D eigenvalue weighted by Crippen LogP contribution is 2.38. The van der Waals surface area contributed by atoms with Crippen molar-refractivity contribution in [2.24, 2.45) is 5.92 Å². The van der Waals surface area contributed by atoms with Crippen LogP contribution in [0.25, 0.3) is 17.6 Å². The Morgan fingerprint density at radius 1 is 1.00 bits per heavy atom. The number of likely N-dealkylation sites (tertiary alicyclic amines) is 1. The lowest BCUT2D eigenvalue weighted by molar-refractivity contribution is -0.143. The molecule has 0 bridgehead atoms. The number of hydrazine groups is 1. The third-order valence-corrected chi connectivity index (χ3v) is 5.13. The van der Waals surface area contributed by atoms with Gasteiger partial charge < -0.3 is 4.90 Å². The van der Waals surface area contributed by atoms with Crippen LogP contribution in [0.15, 0.2) is 30.6 Å². The SMILES string of the molecule is CN1CCC(C(=O)NNC(=O)C=Cn2cnc(-c3cc(C(F)(F)F)cc(C(F)(F)F)c3)n2)CC1. The summed E-state index contributed by atoms with van der Waals surface area (Å²) in [6.07, 6.45) is -5.66. The van der Waals surface area contributed by atoms with Gasteiger partial charge in [-0.25, -0.2) is 9.67 Å². The van der Waals surface area contributed by atoms with E-state index in [2.05, 4.69) is 25.8 Å². The number of piperidine rings is 1. The maximum atomic E-state index is 13.0. The fourth-order valence-corrected chi connectivity index (χ4v) is 3.24. The number of hydrogen-bond acceptors (Lipinski definition) is 5. The van der Waals surface area contributed by atoms with E-state index in [-0.39, 0.29) is 17.9 Å². The van der Waals surface area contributed by atoms with Gasteiger partial charge in [-0.2, -0.15) is 26.3 Å². The van der Waals surface area contributed by atoms with Crippen LogP contribution in [0.3, 0.4) is 0 Å². The van der Waals surface area contributed by atoms with Crippen LogP contribution >= 0.6 is 0 Å². The maximum absolute atomic E-state index is 13.0. The molecule has 0 atom stereocenters. The van der Waals surface area contributed by atoms with Gasteiger partial charge in [0.15, 0.2) is 5.82 Å². The highest BCUT2D eigenvalue weighted by Gasteiger charge is 2.37. The minimum absolute atomic E-state index is 0.00457. The standard InChI is InChI=1S/C20H20F6N6O2/c1-31-5-2-12(3-6-31)18(34)29-28-16(33)4-7-32-11-27-17(30-32)13-8-14(19(21,22)23)10-15(9-13)20(24,25)26/h4,7-12H,2-3,5-6H2,1H3,(H,28,33)(H,29,34). The average molecular weight is 490 g/mol. The first-order valence-corrected chi connectivity index (χ1v) is 10.0. The van der Waals surface area contributed by atoms with Crippen LogP contribution in [0, 0.1) is 5.92 Å². The summed E-state index contributed by atoms with van der Waals surface area (Å²) < 4.78 is 79.1. The molecule has 0 unspecified atom stereocenters. The molecule has 1 aromatic carbocycles. The second-order valence-electron chi connectivity index (χ2n) is 7.71. The molecular weight excluding hydrogens is 470 g/mol. The van der Waals surface area contributed by atoms with Gasteiger partial charge in [0.05, 0.1) is 11.1 Å². The normalized spacial score (nSPS) is 16.1. The van der Waals surface area contributed by atoms with Crippen molar-refractivity contribution in [3.8, 4) is 11.4 Å². The van der Waals surface area contributed by atoms with E-state index in [0.29, 0.717) is 25.0 Å². The minimum atomic E-state index is -5.01. The first kappa shape index (κ1) is 25.2. The number of aromatic nitrogens is 3. The number of carbonyl (C=O) groups is 2. The summed E-state index contributed by atoms with van der Waals surface area (Å²) in [5.74, 6) is -1.69. The zero-order chi connectivity index (χ0) is 25.1. The average Bonchev–Trinajstić information content (AvgIpc) is 3.24. The molecule has 1 aromatic heterocycles. The van der Waals surface area contributed by atoms with Gasteiger partial charge in [-0.3, -0.25) is 20.4 Å². The van der Waals surface area contributed by atoms with E-state index in [1.54, 1.807) is 0 Å². The summed E-state index contributed by atoms with van der Waals surface area (Å²) in [6.45, 7) is 1.52. The van der Waals surface area contributed by atoms with Crippen LogP contribution in [0.1, 0.15) is 24.0 Å². The highest BCUT2D eigenvalue weighted by atomic mass is 19.4. The molecule has 0 saturated carbocycles. The molecule has 14 heteroatoms. The Morgan fingerprint density at radius 2 is 1.59 bits per heavy atom. The summed E-state index contributed by atoms with van der Waals surface area (Å²) in [5.41, 5.74) is 1.02. The largest absolute Gasteiger partial charge is 0.416 e. The van der Waals surface area contributed by atoms with E-state index < -0.39 is 40.8 Å². The molecule has 1 aliphatic rings. The highest BCUT2D eigenvalue weighted by molar-refractivity contribution is 5.92. The van der Waals surface area contributed by atoms with Crippen molar-refractivity contribution >= 4 is 18.0 Å². The molecule has 1 saturated heterocycles. The number of alkyl halides is 6. The van der Waals surface area contributed by atoms with Gasteiger partial charge in [-0.1, -0.05) is 0 Å². The van der Waals surface area contributed by atoms with Crippen molar-refractivity contribution in [3.63, 3.8) is 0 Å². The number of halogens is 6. The number of amides is 2. The van der Waals surface area contributed by atoms with E-state index in [9.17, 15) is 35.9 Å². The van der Waals surface area contributed by atoms with E-state index in [1.807, 2.05) is 7.05 Å². The number of carbonyl (C=O) groups excluding carboxylic acids is 2. The number of nitrogens with one attached hydrogen (secondary N) is 2. The molecule has 1 fully saturated rings. The minimum Gasteiger partial charge on any atom is -0.306 e. The first-order valence-electron chi connectivity index (χ1n) is 10.0. The number of hydrogen-bond donors (Lipinski definition) is 2. The second kappa shape index (κ2) is 9.83. The molecule has 0 aliphatic carbocycles. The third-order valence-electron chi connectivity index (χ3n) is 5.13. The Labute approximate surface area is 189 Å². The topological polar surface area (TPSA) is 92.2 Å². The Morgan fingerprint density at radius 3 is 2.15 bits per heavy atom. The quantitative estimate of drug-likeness (QED) is 0.391. The van der Waals surface area contributed by atoms with Crippen LogP contribution in [0.2, 0.25) is 0 Å². The van der Waals surface area contributed by atoms with Crippen molar-refractivity contribution in [1.82, 2.24) is 30.5 Å². The predicted molar refractivity (Wildman–Crippen MR) is 107 cm³/mol. The smallest absolute Gasteiger partial charge is 0.306 e. The second-order valence-corrected chi connectivity index (χ2v) is 7.71. The van der Waals surface area contributed by atoms with E-state index in [1.165, 1.54) is 0 Å². The summed E-state index contributed by atoms with van der Waals surface area (Å²) in [4.78, 5) is 29.8. The number of nitrogens with zero attached hydrogens (tertiary/aromatic N) is 4. The molecular formula is C20H20F6N6O2. The lowest BCUT2D eigenvalue weighted by Crippen LogP contribution is -2.46. The van der Waals surface area contributed by atoms with E-state index in [0.717, 1.165) is 36.4 Å². The van der Waals surface area contributed by atoms with E-state index >= 15 is 0 Å². The van der Waals surface area contributed by atoms with Gasteiger partial charge in [0.25, 0.3) is 5.91 Å². The van der Waals surface area contributed by atoms with Crippen molar-refractivity contribution in [2.45, 2.75) is 25.2 Å². The van der Waals surface area contributed by atoms with Gasteiger partial charge in [-0.05, 0) is 51.2 Å². The van der Waals surface area contributed by atoms with E-state index in [4.69, 9.17) is 0 Å². The molecule has 34 heavy (non-hydrogen) atoms. The van der Waals surface area contributed by atoms with Gasteiger partial charge in [0, 0.05) is 23.8 Å². The molecule has 3 rings (SSSR count). The summed E-state index contributed by atoms with van der Waals surface area (Å²) in [6, 6.07) is 1.01. The molecule has 2 amide bonds. The van der Waals surface area contributed by atoms with Gasteiger partial charge in [0.2, 0.25) is 5.91 Å². The van der Waals surface area contributed by atoms with Gasteiger partial charge in [-0.15, -0.1) is 5.10 Å². The lowest BCUT2D eigenvalue weighted by atomic mass is 9.97. The third kappa shape index (κ3) is 6.56. The van der Waals surface area contributed by atoms with Crippen molar-refractivity contribution < 1.29 is 35.9 Å². The zero-order valence-corrected chi connectivity index (χ0v) is 17.7. The van der Waals surface area contributed by atoms with Gasteiger partial charge in [0.1, 0.15) is 6.33 Å². The Kier molecular flexibility index (Phi) is 7.29. The number of rotatable bonds is 4. The summed E-state index contributed by atoms with van der Waals surface area (Å²) in [5, 5.41) is 3.79. The number of benzene rings is 1. The predicted octanol–water partition coefficient (Wildman–Crippen LogP) is 2.94. The van der Waals surface area contributed by atoms with Crippen LogP contribution in [-0.4, -0.2) is 51.6 Å². The first-order chi connectivity index (χ1) is 15.8. The Balaban J connectivity index is 1.66. The molecule has 8 nitrogen and oxygen atoms in total. The Bertz CT molecular complexity index is 1040. The monoisotopic (exact) mass is 490 g/mol. The molecule has 2 N–H and O–H groups in total. The molecule has 184 valence electrons. The molecule has 2 heterocycles. The van der Waals surface area contributed by atoms with Crippen molar-refractivity contribution in [1.29, 1.82) is 0 Å². The lowest BCUT2D eigenvalue weighted by Gasteiger charge is -2.27. The summed E-state index contributed by atoms with van der Waals surface area (Å²) in [7, 11) is 1.94. The molecule has 1 aliphatic heterocycles. The van der Waals surface area contributed by atoms with Crippen LogP contribution in [0.4, 0.5) is 26.3 Å². The fourth-order valence-electron chi connectivity index (χ4n) is 3.24. The Hall–Kier alpha value is -3.42. The molecule has 0 radical (unpaired) electrons.